The monoisotopic (exact) mass is 393 g/mol. The molecule has 0 aliphatic rings. The average Bonchev–Trinajstić information content (AvgIpc) is 2.69. The molecule has 0 aromatic heterocycles. The molecule has 1 unspecified atom stereocenters. The Bertz CT molecular complexity index is 656. The van der Waals surface area contributed by atoms with Gasteiger partial charge in [0, 0.05) is 17.0 Å². The quantitative estimate of drug-likeness (QED) is 0.286. The Kier molecular flexibility index (Phi) is 11.1. The number of allylic oxidation sites excluding steroid dienone is 2. The van der Waals surface area contributed by atoms with E-state index < -0.39 is 6.17 Å². The minimum absolute atomic E-state index is 0.271. The van der Waals surface area contributed by atoms with Crippen molar-refractivity contribution in [3.8, 4) is 0 Å². The zero-order valence-corrected chi connectivity index (χ0v) is 17.9. The molecule has 0 saturated heterocycles. The molecule has 0 heterocycles. The van der Waals surface area contributed by atoms with E-state index in [1.165, 1.54) is 10.5 Å². The summed E-state index contributed by atoms with van der Waals surface area (Å²) in [6, 6.07) is 9.25. The lowest BCUT2D eigenvalue weighted by atomic mass is 10.1. The van der Waals surface area contributed by atoms with Crippen LogP contribution in [0.2, 0.25) is 0 Å². The first-order valence-corrected chi connectivity index (χ1v) is 10.3. The van der Waals surface area contributed by atoms with Crippen molar-refractivity contribution in [3.63, 3.8) is 0 Å². The van der Waals surface area contributed by atoms with E-state index in [1.807, 2.05) is 37.3 Å². The molecule has 0 saturated carbocycles. The Morgan fingerprint density at radius 2 is 1.85 bits per heavy atom. The Labute approximate surface area is 167 Å². The molecule has 5 heteroatoms. The lowest BCUT2D eigenvalue weighted by molar-refractivity contribution is -0.138. The molecule has 150 valence electrons. The standard InChI is InChI=1S/C22H32FNO2S/c1-6-16(3)21(27-18(5)17(4)22(25)26-7-2)15-24-14-13-20(23)19-11-9-8-10-12-19/h8-12,20,24H,6-7,13-15H2,1-5H3/b18-17+,21-16?. The number of esters is 1. The van der Waals surface area contributed by atoms with Gasteiger partial charge in [0.1, 0.15) is 6.17 Å². The van der Waals surface area contributed by atoms with E-state index in [0.29, 0.717) is 31.7 Å². The number of rotatable bonds is 11. The predicted octanol–water partition coefficient (Wildman–Crippen LogP) is 5.95. The number of benzene rings is 1. The molecule has 0 spiro atoms. The van der Waals surface area contributed by atoms with Crippen molar-refractivity contribution in [1.29, 1.82) is 0 Å². The fourth-order valence-corrected chi connectivity index (χ4v) is 3.47. The van der Waals surface area contributed by atoms with E-state index in [0.717, 1.165) is 16.9 Å². The summed E-state index contributed by atoms with van der Waals surface area (Å²) >= 11 is 1.60. The molecule has 27 heavy (non-hydrogen) atoms. The minimum Gasteiger partial charge on any atom is -0.463 e. The second kappa shape index (κ2) is 12.7. The summed E-state index contributed by atoms with van der Waals surface area (Å²) in [7, 11) is 0. The maximum atomic E-state index is 14.2. The molecule has 3 nitrogen and oxygen atoms in total. The molecule has 0 radical (unpaired) electrons. The number of thioether (sulfide) groups is 1. The normalized spacial score (nSPS) is 14.3. The smallest absolute Gasteiger partial charge is 0.334 e. The highest BCUT2D eigenvalue weighted by Gasteiger charge is 2.13. The summed E-state index contributed by atoms with van der Waals surface area (Å²) < 4.78 is 19.3. The third kappa shape index (κ3) is 8.31. The second-order valence-electron chi connectivity index (χ2n) is 6.40. The van der Waals surface area contributed by atoms with Crippen LogP contribution in [-0.4, -0.2) is 25.7 Å². The van der Waals surface area contributed by atoms with E-state index in [9.17, 15) is 9.18 Å². The number of ether oxygens (including phenoxy) is 1. The summed E-state index contributed by atoms with van der Waals surface area (Å²) in [5.74, 6) is -0.271. The van der Waals surface area contributed by atoms with E-state index in [4.69, 9.17) is 4.74 Å². The second-order valence-corrected chi connectivity index (χ2v) is 7.71. The highest BCUT2D eigenvalue weighted by atomic mass is 32.2. The molecule has 0 fully saturated rings. The van der Waals surface area contributed by atoms with Crippen molar-refractivity contribution >= 4 is 17.7 Å². The van der Waals surface area contributed by atoms with Gasteiger partial charge in [-0.1, -0.05) is 54.6 Å². The van der Waals surface area contributed by atoms with Gasteiger partial charge in [-0.05, 0) is 57.5 Å². The van der Waals surface area contributed by atoms with Crippen LogP contribution in [0.1, 0.15) is 59.2 Å². The van der Waals surface area contributed by atoms with Crippen molar-refractivity contribution in [3.05, 3.63) is 56.9 Å². The van der Waals surface area contributed by atoms with Gasteiger partial charge in [-0.15, -0.1) is 0 Å². The number of hydrogen-bond donors (Lipinski definition) is 1. The van der Waals surface area contributed by atoms with E-state index in [1.54, 1.807) is 25.6 Å². The number of carbonyl (C=O) groups is 1. The molecular weight excluding hydrogens is 361 g/mol. The molecule has 0 amide bonds. The fraction of sp³-hybridized carbons (Fsp3) is 0.500. The van der Waals surface area contributed by atoms with Gasteiger partial charge in [-0.3, -0.25) is 0 Å². The number of alkyl halides is 1. The third-order valence-electron chi connectivity index (χ3n) is 4.41. The van der Waals surface area contributed by atoms with Crippen molar-refractivity contribution < 1.29 is 13.9 Å². The molecule has 1 aromatic rings. The van der Waals surface area contributed by atoms with Crippen LogP contribution >= 0.6 is 11.8 Å². The molecular formula is C22H32FNO2S. The molecule has 1 atom stereocenters. The van der Waals surface area contributed by atoms with Crippen LogP contribution in [0.15, 0.2) is 51.3 Å². The van der Waals surface area contributed by atoms with Crippen molar-refractivity contribution in [2.45, 2.75) is 53.6 Å². The van der Waals surface area contributed by atoms with Crippen LogP contribution in [0, 0.1) is 0 Å². The maximum absolute atomic E-state index is 14.2. The van der Waals surface area contributed by atoms with Crippen molar-refractivity contribution in [1.82, 2.24) is 5.32 Å². The Balaban J connectivity index is 2.61. The van der Waals surface area contributed by atoms with Crippen molar-refractivity contribution in [2.75, 3.05) is 19.7 Å². The molecule has 0 aliphatic carbocycles. The Morgan fingerprint density at radius 3 is 2.44 bits per heavy atom. The fourth-order valence-electron chi connectivity index (χ4n) is 2.37. The highest BCUT2D eigenvalue weighted by molar-refractivity contribution is 8.06. The van der Waals surface area contributed by atoms with Gasteiger partial charge in [-0.25, -0.2) is 9.18 Å². The lowest BCUT2D eigenvalue weighted by Gasteiger charge is -2.15. The first kappa shape index (κ1) is 23.4. The predicted molar refractivity (Wildman–Crippen MR) is 113 cm³/mol. The third-order valence-corrected chi connectivity index (χ3v) is 5.77. The van der Waals surface area contributed by atoms with Crippen molar-refractivity contribution in [2.24, 2.45) is 0 Å². The topological polar surface area (TPSA) is 38.3 Å². The average molecular weight is 394 g/mol. The molecule has 0 aliphatic heterocycles. The van der Waals surface area contributed by atoms with Gasteiger partial charge in [-0.2, -0.15) is 0 Å². The first-order valence-electron chi connectivity index (χ1n) is 9.51. The van der Waals surface area contributed by atoms with E-state index >= 15 is 0 Å². The zero-order chi connectivity index (χ0) is 20.2. The SMILES string of the molecule is CCOC(=O)/C(C)=C(\C)SC(CNCCC(F)c1ccccc1)=C(C)CC. The maximum Gasteiger partial charge on any atom is 0.334 e. The van der Waals surface area contributed by atoms with Crippen LogP contribution in [0.5, 0.6) is 0 Å². The van der Waals surface area contributed by atoms with Gasteiger partial charge in [0.05, 0.1) is 6.61 Å². The van der Waals surface area contributed by atoms with Crippen LogP contribution in [0.4, 0.5) is 4.39 Å². The van der Waals surface area contributed by atoms with Crippen LogP contribution in [-0.2, 0) is 9.53 Å². The molecule has 1 aromatic carbocycles. The minimum atomic E-state index is -0.959. The Hall–Kier alpha value is -1.59. The number of hydrogen-bond acceptors (Lipinski definition) is 4. The van der Waals surface area contributed by atoms with Gasteiger partial charge in [0.15, 0.2) is 0 Å². The summed E-state index contributed by atoms with van der Waals surface area (Å²) in [4.78, 5) is 14.0. The zero-order valence-electron chi connectivity index (χ0n) is 17.1. The number of nitrogens with one attached hydrogen (secondary N) is 1. The van der Waals surface area contributed by atoms with Crippen LogP contribution < -0.4 is 5.32 Å². The molecule has 0 bridgehead atoms. The lowest BCUT2D eigenvalue weighted by Crippen LogP contribution is -2.19. The summed E-state index contributed by atoms with van der Waals surface area (Å²) in [6.07, 6.45) is 0.411. The van der Waals surface area contributed by atoms with Crippen LogP contribution in [0.25, 0.3) is 0 Å². The van der Waals surface area contributed by atoms with Gasteiger partial charge < -0.3 is 10.1 Å². The number of carbonyl (C=O) groups excluding carboxylic acids is 1. The Morgan fingerprint density at radius 1 is 1.19 bits per heavy atom. The molecule has 1 N–H and O–H groups in total. The van der Waals surface area contributed by atoms with E-state index in [2.05, 4.69) is 19.2 Å². The summed E-state index contributed by atoms with van der Waals surface area (Å²) in [5, 5.41) is 3.34. The van der Waals surface area contributed by atoms with Crippen LogP contribution in [0.3, 0.4) is 0 Å². The van der Waals surface area contributed by atoms with Gasteiger partial charge in [0.25, 0.3) is 0 Å². The summed E-state index contributed by atoms with van der Waals surface area (Å²) in [6.45, 7) is 11.4. The van der Waals surface area contributed by atoms with Gasteiger partial charge in [0.2, 0.25) is 0 Å². The van der Waals surface area contributed by atoms with Gasteiger partial charge >= 0.3 is 5.97 Å². The largest absolute Gasteiger partial charge is 0.463 e. The number of halogens is 1. The molecule has 1 rings (SSSR count). The first-order chi connectivity index (χ1) is 12.9. The highest BCUT2D eigenvalue weighted by Crippen LogP contribution is 2.31. The summed E-state index contributed by atoms with van der Waals surface area (Å²) in [5.41, 5.74) is 2.62. The van der Waals surface area contributed by atoms with E-state index in [-0.39, 0.29) is 5.97 Å².